The summed E-state index contributed by atoms with van der Waals surface area (Å²) in [5, 5.41) is 20.0. The third kappa shape index (κ3) is 3.94. The maximum Gasteiger partial charge on any atom is 0.271 e. The van der Waals surface area contributed by atoms with E-state index in [1.54, 1.807) is 0 Å². The molecule has 120 valence electrons. The van der Waals surface area contributed by atoms with Crippen molar-refractivity contribution >= 4 is 17.5 Å². The number of nitrogens with zero attached hydrogens (tertiary/aromatic N) is 3. The summed E-state index contributed by atoms with van der Waals surface area (Å²) in [5.41, 5.74) is 0.176. The third-order valence-corrected chi connectivity index (χ3v) is 3.86. The Morgan fingerprint density at radius 2 is 2.17 bits per heavy atom. The molecule has 2 amide bonds. The fourth-order valence-electron chi connectivity index (χ4n) is 2.23. The Morgan fingerprint density at radius 3 is 2.83 bits per heavy atom. The van der Waals surface area contributed by atoms with Crippen molar-refractivity contribution < 1.29 is 9.59 Å². The number of aromatic amines is 1. The molecule has 1 aliphatic heterocycles. The van der Waals surface area contributed by atoms with Crippen LogP contribution in [-0.4, -0.2) is 33.7 Å². The molecule has 0 atom stereocenters. The van der Waals surface area contributed by atoms with Crippen molar-refractivity contribution in [1.82, 2.24) is 15.5 Å². The summed E-state index contributed by atoms with van der Waals surface area (Å²) in [5.74, 6) is 2.09. The lowest BCUT2D eigenvalue weighted by molar-refractivity contribution is -0.116. The highest BCUT2D eigenvalue weighted by Gasteiger charge is 2.39. The van der Waals surface area contributed by atoms with Gasteiger partial charge in [0.05, 0.1) is 11.9 Å². The quantitative estimate of drug-likeness (QED) is 0.633. The van der Waals surface area contributed by atoms with Crippen molar-refractivity contribution in [2.75, 3.05) is 5.32 Å². The smallest absolute Gasteiger partial charge is 0.271 e. The Morgan fingerprint density at radius 1 is 1.39 bits per heavy atom. The van der Waals surface area contributed by atoms with Gasteiger partial charge in [0, 0.05) is 31.7 Å². The minimum atomic E-state index is -0.480. The van der Waals surface area contributed by atoms with Crippen LogP contribution in [-0.2, 0) is 4.79 Å². The van der Waals surface area contributed by atoms with Crippen LogP contribution in [0.15, 0.2) is 16.4 Å². The second-order valence-corrected chi connectivity index (χ2v) is 5.84. The molecule has 0 saturated heterocycles. The van der Waals surface area contributed by atoms with E-state index >= 15 is 0 Å². The first kappa shape index (κ1) is 15.2. The standard InChI is InChI=1S/C15H18N6O2/c1-2-3-7-15(20-21-15)8-6-12(22)18-11-9-16-19-13(11)14(23)17-10-4-5-10/h1,9-10H,3-8H2,(H,16,19)(H,17,23)(H,18,22). The highest BCUT2D eigenvalue weighted by Crippen LogP contribution is 2.37. The summed E-state index contributed by atoms with van der Waals surface area (Å²) in [4.78, 5) is 24.1. The summed E-state index contributed by atoms with van der Waals surface area (Å²) in [6.45, 7) is 0. The average molecular weight is 314 g/mol. The molecule has 0 aromatic carbocycles. The summed E-state index contributed by atoms with van der Waals surface area (Å²) < 4.78 is 0. The number of hydrogen-bond donors (Lipinski definition) is 3. The molecule has 0 radical (unpaired) electrons. The third-order valence-electron chi connectivity index (χ3n) is 3.86. The monoisotopic (exact) mass is 314 g/mol. The Balaban J connectivity index is 1.49. The molecule has 1 fully saturated rings. The first-order valence-electron chi connectivity index (χ1n) is 7.63. The molecule has 0 bridgehead atoms. The van der Waals surface area contributed by atoms with Gasteiger partial charge in [-0.25, -0.2) is 0 Å². The minimum Gasteiger partial charge on any atom is -0.348 e. The van der Waals surface area contributed by atoms with Gasteiger partial charge < -0.3 is 10.6 Å². The zero-order chi connectivity index (χ0) is 16.3. The fraction of sp³-hybridized carbons (Fsp3) is 0.533. The van der Waals surface area contributed by atoms with Crippen molar-refractivity contribution in [3.05, 3.63) is 11.9 Å². The van der Waals surface area contributed by atoms with Crippen LogP contribution < -0.4 is 10.6 Å². The largest absolute Gasteiger partial charge is 0.348 e. The number of aromatic nitrogens is 2. The molecule has 3 rings (SSSR count). The van der Waals surface area contributed by atoms with E-state index in [1.807, 2.05) is 0 Å². The molecule has 8 heteroatoms. The molecule has 1 saturated carbocycles. The molecule has 3 N–H and O–H groups in total. The highest BCUT2D eigenvalue weighted by atomic mass is 16.2. The predicted octanol–water partition coefficient (Wildman–Crippen LogP) is 1.60. The van der Waals surface area contributed by atoms with Gasteiger partial charge >= 0.3 is 0 Å². The number of rotatable bonds is 8. The van der Waals surface area contributed by atoms with E-state index in [9.17, 15) is 9.59 Å². The van der Waals surface area contributed by atoms with Gasteiger partial charge in [-0.05, 0) is 12.8 Å². The van der Waals surface area contributed by atoms with Gasteiger partial charge in [0.2, 0.25) is 5.91 Å². The zero-order valence-corrected chi connectivity index (χ0v) is 12.6. The SMILES string of the molecule is C#CCCC1(CCC(=O)Nc2cn[nH]c2C(=O)NC2CC2)N=N1. The zero-order valence-electron chi connectivity index (χ0n) is 12.6. The number of amides is 2. The Hall–Kier alpha value is -2.69. The maximum atomic E-state index is 12.1. The lowest BCUT2D eigenvalue weighted by Gasteiger charge is -2.09. The van der Waals surface area contributed by atoms with Gasteiger partial charge in [0.15, 0.2) is 5.66 Å². The first-order valence-corrected chi connectivity index (χ1v) is 7.63. The fourth-order valence-corrected chi connectivity index (χ4v) is 2.23. The molecule has 2 heterocycles. The Labute approximate surface area is 133 Å². The van der Waals surface area contributed by atoms with Gasteiger partial charge in [-0.2, -0.15) is 15.3 Å². The van der Waals surface area contributed by atoms with Gasteiger partial charge in [-0.3, -0.25) is 14.7 Å². The molecule has 0 spiro atoms. The number of anilines is 1. The van der Waals surface area contributed by atoms with Crippen LogP contribution in [0.1, 0.15) is 49.0 Å². The van der Waals surface area contributed by atoms with Crippen LogP contribution in [0, 0.1) is 12.3 Å². The molecule has 1 aliphatic carbocycles. The van der Waals surface area contributed by atoms with E-state index < -0.39 is 5.66 Å². The number of carbonyl (C=O) groups is 2. The van der Waals surface area contributed by atoms with Crippen LogP contribution in [0.3, 0.4) is 0 Å². The second kappa shape index (κ2) is 6.20. The van der Waals surface area contributed by atoms with Crippen LogP contribution in [0.4, 0.5) is 5.69 Å². The van der Waals surface area contributed by atoms with Crippen molar-refractivity contribution in [2.45, 2.75) is 50.2 Å². The van der Waals surface area contributed by atoms with Crippen molar-refractivity contribution in [3.63, 3.8) is 0 Å². The van der Waals surface area contributed by atoms with Crippen molar-refractivity contribution in [2.24, 2.45) is 10.2 Å². The van der Waals surface area contributed by atoms with Gasteiger partial charge in [0.25, 0.3) is 5.91 Å². The normalized spacial score (nSPS) is 17.3. The van der Waals surface area contributed by atoms with Gasteiger partial charge in [0.1, 0.15) is 5.69 Å². The summed E-state index contributed by atoms with van der Waals surface area (Å²) in [6.07, 6.45) is 10.7. The predicted molar refractivity (Wildman–Crippen MR) is 82.6 cm³/mol. The van der Waals surface area contributed by atoms with E-state index in [2.05, 4.69) is 37.0 Å². The van der Waals surface area contributed by atoms with E-state index in [0.717, 1.165) is 12.8 Å². The van der Waals surface area contributed by atoms with E-state index in [4.69, 9.17) is 6.42 Å². The van der Waals surface area contributed by atoms with Crippen LogP contribution in [0.2, 0.25) is 0 Å². The van der Waals surface area contributed by atoms with Crippen LogP contribution in [0.25, 0.3) is 0 Å². The molecule has 1 aromatic heterocycles. The molecule has 0 unspecified atom stereocenters. The maximum absolute atomic E-state index is 12.1. The van der Waals surface area contributed by atoms with E-state index in [1.165, 1.54) is 6.20 Å². The molecule has 1 aromatic rings. The number of hydrogen-bond acceptors (Lipinski definition) is 5. The van der Waals surface area contributed by atoms with Crippen molar-refractivity contribution in [1.29, 1.82) is 0 Å². The Bertz CT molecular complexity index is 676. The lowest BCUT2D eigenvalue weighted by atomic mass is 10.0. The average Bonchev–Trinajstić information content (AvgIpc) is 3.45. The van der Waals surface area contributed by atoms with Crippen LogP contribution in [0.5, 0.6) is 0 Å². The molecule has 2 aliphatic rings. The van der Waals surface area contributed by atoms with Gasteiger partial charge in [-0.15, -0.1) is 12.3 Å². The number of H-pyrrole nitrogens is 1. The molecule has 23 heavy (non-hydrogen) atoms. The summed E-state index contributed by atoms with van der Waals surface area (Å²) >= 11 is 0. The first-order chi connectivity index (χ1) is 11.1. The van der Waals surface area contributed by atoms with E-state index in [0.29, 0.717) is 24.9 Å². The summed E-state index contributed by atoms with van der Waals surface area (Å²) in [6, 6.07) is 0.239. The molecular weight excluding hydrogens is 296 g/mol. The number of nitrogens with one attached hydrogen (secondary N) is 3. The van der Waals surface area contributed by atoms with Crippen LogP contribution >= 0.6 is 0 Å². The molecular formula is C15H18N6O2. The second-order valence-electron chi connectivity index (χ2n) is 5.84. The highest BCUT2D eigenvalue weighted by molar-refractivity contribution is 6.02. The topological polar surface area (TPSA) is 112 Å². The van der Waals surface area contributed by atoms with Gasteiger partial charge in [-0.1, -0.05) is 0 Å². The number of terminal acetylenes is 1. The van der Waals surface area contributed by atoms with Crippen molar-refractivity contribution in [3.8, 4) is 12.3 Å². The lowest BCUT2D eigenvalue weighted by Crippen LogP contribution is -2.27. The minimum absolute atomic E-state index is 0.204. The van der Waals surface area contributed by atoms with E-state index in [-0.39, 0.29) is 30.0 Å². The molecule has 8 nitrogen and oxygen atoms in total. The number of carbonyl (C=O) groups excluding carboxylic acids is 2. The Kier molecular flexibility index (Phi) is 4.10. The summed E-state index contributed by atoms with van der Waals surface area (Å²) in [7, 11) is 0.